The largest absolute Gasteiger partial charge is 0.461 e. The topological polar surface area (TPSA) is 168 Å². The lowest BCUT2D eigenvalue weighted by Crippen LogP contribution is -2.30. The highest BCUT2D eigenvalue weighted by Gasteiger charge is 2.42. The predicted molar refractivity (Wildman–Crippen MR) is 71.5 cm³/mol. The number of ether oxygens (including phenoxy) is 2. The summed E-state index contributed by atoms with van der Waals surface area (Å²) in [5.41, 5.74) is 3.53. The number of carbonyl (C=O) groups excluding carboxylic acids is 2. The predicted octanol–water partition coefficient (Wildman–Crippen LogP) is -2.02. The minimum absolute atomic E-state index is 0.0718. The van der Waals surface area contributed by atoms with Crippen LogP contribution in [0.2, 0.25) is 0 Å². The highest BCUT2D eigenvalue weighted by molar-refractivity contribution is 6.02. The minimum Gasteiger partial charge on any atom is -0.461 e. The van der Waals surface area contributed by atoms with Crippen LogP contribution in [-0.4, -0.2) is 61.2 Å². The third-order valence-corrected chi connectivity index (χ3v) is 3.17. The second-order valence-corrected chi connectivity index (χ2v) is 4.60. The van der Waals surface area contributed by atoms with Gasteiger partial charge in [-0.3, -0.25) is 4.79 Å². The Balaban J connectivity index is 2.20. The third-order valence-electron chi connectivity index (χ3n) is 3.17. The number of amides is 1. The van der Waals surface area contributed by atoms with Crippen molar-refractivity contribution in [2.75, 3.05) is 13.2 Å². The molecule has 12 heteroatoms. The minimum atomic E-state index is -1.07. The van der Waals surface area contributed by atoms with Crippen LogP contribution in [0.1, 0.15) is 23.6 Å². The number of aliphatic hydroxyl groups is 1. The van der Waals surface area contributed by atoms with E-state index in [0.29, 0.717) is 4.68 Å². The standard InChI is InChI=1S/C11H12N6O6/c1-2-22-10(20)6-5-7(16(14-6)11(12)21)8(19)17(15-13-5)9-4(3-18)23-9/h4,9,18H,2-3H2,1H3,(H2,12,21). The molecular weight excluding hydrogens is 312 g/mol. The zero-order valence-corrected chi connectivity index (χ0v) is 11.9. The highest BCUT2D eigenvalue weighted by atomic mass is 16.6. The maximum atomic E-state index is 12.5. The van der Waals surface area contributed by atoms with Crippen LogP contribution < -0.4 is 11.3 Å². The number of nitrogens with two attached hydrogens (primary N) is 1. The summed E-state index contributed by atoms with van der Waals surface area (Å²) in [6.45, 7) is 1.35. The first-order chi connectivity index (χ1) is 11.0. The lowest BCUT2D eigenvalue weighted by molar-refractivity contribution is 0.0521. The Morgan fingerprint density at radius 3 is 2.78 bits per heavy atom. The van der Waals surface area contributed by atoms with Crippen molar-refractivity contribution in [3.63, 3.8) is 0 Å². The zero-order valence-electron chi connectivity index (χ0n) is 11.9. The van der Waals surface area contributed by atoms with Crippen molar-refractivity contribution < 1.29 is 24.2 Å². The Bertz CT molecular complexity index is 857. The molecule has 3 heterocycles. The number of carbonyl (C=O) groups is 2. The molecule has 0 radical (unpaired) electrons. The van der Waals surface area contributed by atoms with Crippen LogP contribution >= 0.6 is 0 Å². The molecule has 0 bridgehead atoms. The maximum absolute atomic E-state index is 12.5. The van der Waals surface area contributed by atoms with E-state index in [2.05, 4.69) is 15.4 Å². The molecule has 2 atom stereocenters. The molecule has 1 amide bonds. The van der Waals surface area contributed by atoms with Gasteiger partial charge in [-0.15, -0.1) is 5.10 Å². The highest BCUT2D eigenvalue weighted by Crippen LogP contribution is 2.31. The van der Waals surface area contributed by atoms with Gasteiger partial charge in [0.25, 0.3) is 5.56 Å². The lowest BCUT2D eigenvalue weighted by Gasteiger charge is -2.00. The molecule has 0 aliphatic carbocycles. The SMILES string of the molecule is CCOC(=O)c1nn(C(N)=O)c2c(=O)n(C3OC3CO)nnc12. The van der Waals surface area contributed by atoms with Gasteiger partial charge in [-0.25, -0.2) is 9.59 Å². The van der Waals surface area contributed by atoms with Crippen LogP contribution in [0.5, 0.6) is 0 Å². The molecule has 0 spiro atoms. The lowest BCUT2D eigenvalue weighted by atomic mass is 10.3. The van der Waals surface area contributed by atoms with Gasteiger partial charge >= 0.3 is 12.0 Å². The third kappa shape index (κ3) is 2.33. The fraction of sp³-hybridized carbons (Fsp3) is 0.455. The Kier molecular flexibility index (Phi) is 3.54. The number of aliphatic hydroxyl groups excluding tert-OH is 1. The number of aromatic nitrogens is 5. The van der Waals surface area contributed by atoms with E-state index in [9.17, 15) is 14.4 Å². The van der Waals surface area contributed by atoms with Gasteiger partial charge in [0.15, 0.2) is 23.0 Å². The Labute approximate surface area is 127 Å². The summed E-state index contributed by atoms with van der Waals surface area (Å²) in [7, 11) is 0. The van der Waals surface area contributed by atoms with Crippen molar-refractivity contribution in [2.45, 2.75) is 19.3 Å². The maximum Gasteiger partial charge on any atom is 0.361 e. The first-order valence-corrected chi connectivity index (χ1v) is 6.61. The molecular formula is C11H12N6O6. The average molecular weight is 324 g/mol. The monoisotopic (exact) mass is 324 g/mol. The Morgan fingerprint density at radius 1 is 1.48 bits per heavy atom. The number of hydrogen-bond acceptors (Lipinski definition) is 9. The van der Waals surface area contributed by atoms with Gasteiger partial charge in [-0.2, -0.15) is 14.5 Å². The van der Waals surface area contributed by atoms with Gasteiger partial charge in [-0.1, -0.05) is 5.21 Å². The fourth-order valence-electron chi connectivity index (χ4n) is 2.08. The first-order valence-electron chi connectivity index (χ1n) is 6.61. The summed E-state index contributed by atoms with van der Waals surface area (Å²) in [5, 5.41) is 20.1. The molecule has 1 aliphatic rings. The average Bonchev–Trinajstić information content (AvgIpc) is 3.18. The summed E-state index contributed by atoms with van der Waals surface area (Å²) in [5.74, 6) is -0.861. The fourth-order valence-corrected chi connectivity index (χ4v) is 2.08. The van der Waals surface area contributed by atoms with Crippen molar-refractivity contribution in [3.8, 4) is 0 Å². The van der Waals surface area contributed by atoms with Crippen LogP contribution in [0.25, 0.3) is 11.0 Å². The molecule has 0 saturated carbocycles. The van der Waals surface area contributed by atoms with Crippen molar-refractivity contribution >= 4 is 23.0 Å². The summed E-state index contributed by atoms with van der Waals surface area (Å²) < 4.78 is 11.2. The van der Waals surface area contributed by atoms with E-state index in [0.717, 1.165) is 4.68 Å². The molecule has 1 fully saturated rings. The molecule has 2 aromatic heterocycles. The summed E-state index contributed by atoms with van der Waals surface area (Å²) >= 11 is 0. The Hall–Kier alpha value is -2.86. The number of nitrogens with zero attached hydrogens (tertiary/aromatic N) is 5. The molecule has 12 nitrogen and oxygen atoms in total. The number of primary amides is 1. The van der Waals surface area contributed by atoms with E-state index in [1.54, 1.807) is 6.92 Å². The van der Waals surface area contributed by atoms with E-state index < -0.39 is 29.9 Å². The van der Waals surface area contributed by atoms with Crippen LogP contribution in [0.3, 0.4) is 0 Å². The molecule has 3 rings (SSSR count). The summed E-state index contributed by atoms with van der Waals surface area (Å²) in [6.07, 6.45) is -1.39. The van der Waals surface area contributed by atoms with Gasteiger partial charge in [0.2, 0.25) is 0 Å². The summed E-state index contributed by atoms with van der Waals surface area (Å²) in [6, 6.07) is -1.07. The van der Waals surface area contributed by atoms with E-state index in [-0.39, 0.29) is 29.9 Å². The zero-order chi connectivity index (χ0) is 16.7. The van der Waals surface area contributed by atoms with Crippen molar-refractivity contribution in [1.29, 1.82) is 0 Å². The molecule has 3 N–H and O–H groups in total. The quantitative estimate of drug-likeness (QED) is 0.476. The Morgan fingerprint density at radius 2 is 2.22 bits per heavy atom. The molecule has 1 aliphatic heterocycles. The smallest absolute Gasteiger partial charge is 0.361 e. The normalized spacial score (nSPS) is 19.7. The summed E-state index contributed by atoms with van der Waals surface area (Å²) in [4.78, 5) is 35.8. The van der Waals surface area contributed by atoms with E-state index >= 15 is 0 Å². The van der Waals surface area contributed by atoms with Crippen LogP contribution in [0, 0.1) is 0 Å². The van der Waals surface area contributed by atoms with Crippen LogP contribution in [0.4, 0.5) is 4.79 Å². The van der Waals surface area contributed by atoms with Crippen molar-refractivity contribution in [3.05, 3.63) is 16.0 Å². The molecule has 0 aromatic carbocycles. The van der Waals surface area contributed by atoms with E-state index in [1.165, 1.54) is 0 Å². The van der Waals surface area contributed by atoms with Gasteiger partial charge in [-0.05, 0) is 6.92 Å². The first kappa shape index (κ1) is 15.1. The van der Waals surface area contributed by atoms with Crippen molar-refractivity contribution in [2.24, 2.45) is 5.73 Å². The molecule has 2 unspecified atom stereocenters. The number of rotatable bonds is 4. The van der Waals surface area contributed by atoms with Gasteiger partial charge in [0.1, 0.15) is 6.10 Å². The van der Waals surface area contributed by atoms with Crippen LogP contribution in [-0.2, 0) is 9.47 Å². The molecule has 23 heavy (non-hydrogen) atoms. The molecule has 1 saturated heterocycles. The van der Waals surface area contributed by atoms with Gasteiger partial charge in [0, 0.05) is 0 Å². The van der Waals surface area contributed by atoms with E-state index in [4.69, 9.17) is 20.3 Å². The number of fused-ring (bicyclic) bond motifs is 1. The van der Waals surface area contributed by atoms with E-state index in [1.807, 2.05) is 0 Å². The van der Waals surface area contributed by atoms with Crippen LogP contribution in [0.15, 0.2) is 4.79 Å². The number of hydrogen-bond donors (Lipinski definition) is 2. The van der Waals surface area contributed by atoms with Gasteiger partial charge < -0.3 is 20.3 Å². The number of esters is 1. The molecule has 122 valence electrons. The number of epoxide rings is 1. The second kappa shape index (κ2) is 5.40. The second-order valence-electron chi connectivity index (χ2n) is 4.60. The van der Waals surface area contributed by atoms with Crippen molar-refractivity contribution in [1.82, 2.24) is 24.8 Å². The molecule has 2 aromatic rings. The van der Waals surface area contributed by atoms with Gasteiger partial charge in [0.05, 0.1) is 13.2 Å².